The summed E-state index contributed by atoms with van der Waals surface area (Å²) in [6.07, 6.45) is 0. The normalized spacial score (nSPS) is 8.40. The maximum Gasteiger partial charge on any atom is 0.740 e. The van der Waals surface area contributed by atoms with Crippen LogP contribution in [0.1, 0.15) is 0 Å². The molecule has 0 atom stereocenters. The lowest BCUT2D eigenvalue weighted by Gasteiger charge is -2.05. The fourth-order valence-electron chi connectivity index (χ4n) is 0.315. The van der Waals surface area contributed by atoms with Gasteiger partial charge in [0.2, 0.25) is 0 Å². The first kappa shape index (κ1) is 13.6. The smallest absolute Gasteiger partial charge is 0.475 e. The van der Waals surface area contributed by atoms with E-state index in [1.54, 1.807) is 0 Å². The highest BCUT2D eigenvalue weighted by molar-refractivity contribution is 8.01. The van der Waals surface area contributed by atoms with E-state index in [4.69, 9.17) is 15.6 Å². The molecule has 0 radical (unpaired) electrons. The Kier molecular flexibility index (Phi) is 7.22. The summed E-state index contributed by atoms with van der Waals surface area (Å²) in [6, 6.07) is 0. The summed E-state index contributed by atoms with van der Waals surface area (Å²) in [7, 11) is -1.75. The van der Waals surface area contributed by atoms with Gasteiger partial charge in [-0.3, -0.25) is 8.20 Å². The lowest BCUT2D eigenvalue weighted by Crippen LogP contribution is -2.29. The minimum absolute atomic E-state index is 0.208. The quantitative estimate of drug-likeness (QED) is 0.304. The SMILES string of the molecule is N#CSOB(OSC#N)OC(=O)C(=O)O. The van der Waals surface area contributed by atoms with Crippen molar-refractivity contribution in [2.75, 3.05) is 0 Å². The van der Waals surface area contributed by atoms with Gasteiger partial charge in [0.05, 0.1) is 0 Å². The van der Waals surface area contributed by atoms with Crippen molar-refractivity contribution in [3.8, 4) is 10.8 Å². The third kappa shape index (κ3) is 6.65. The van der Waals surface area contributed by atoms with Crippen molar-refractivity contribution >= 4 is 43.3 Å². The number of carbonyl (C=O) groups excluding carboxylic acids is 1. The molecule has 0 fully saturated rings. The van der Waals surface area contributed by atoms with Crippen LogP contribution in [0.15, 0.2) is 0 Å². The van der Waals surface area contributed by atoms with Crippen LogP contribution in [-0.4, -0.2) is 24.4 Å². The van der Waals surface area contributed by atoms with E-state index in [1.165, 1.54) is 10.8 Å². The molecule has 78 valence electrons. The zero-order valence-corrected chi connectivity index (χ0v) is 8.41. The molecule has 0 aliphatic carbocycles. The second-order valence-electron chi connectivity index (χ2n) is 1.54. The van der Waals surface area contributed by atoms with Crippen LogP contribution in [0.25, 0.3) is 0 Å². The monoisotopic (exact) mass is 248 g/mol. The molecule has 15 heavy (non-hydrogen) atoms. The zero-order valence-electron chi connectivity index (χ0n) is 6.78. The molecular weight excluding hydrogens is 247 g/mol. The number of thiocyanates is 2. The number of nitriles is 2. The predicted molar refractivity (Wildman–Crippen MR) is 48.1 cm³/mol. The summed E-state index contributed by atoms with van der Waals surface area (Å²) in [5.41, 5.74) is 0. The fraction of sp³-hybridized carbons (Fsp3) is 0. The highest BCUT2D eigenvalue weighted by Gasteiger charge is 2.31. The lowest BCUT2D eigenvalue weighted by molar-refractivity contribution is -0.159. The highest BCUT2D eigenvalue weighted by Crippen LogP contribution is 2.11. The number of nitrogens with zero attached hydrogens (tertiary/aromatic N) is 2. The van der Waals surface area contributed by atoms with E-state index in [0.29, 0.717) is 0 Å². The van der Waals surface area contributed by atoms with Crippen molar-refractivity contribution in [2.24, 2.45) is 0 Å². The van der Waals surface area contributed by atoms with Crippen LogP contribution in [0.2, 0.25) is 0 Å². The van der Waals surface area contributed by atoms with Crippen molar-refractivity contribution < 1.29 is 27.6 Å². The molecule has 11 heteroatoms. The minimum Gasteiger partial charge on any atom is -0.475 e. The van der Waals surface area contributed by atoms with Crippen LogP contribution < -0.4 is 0 Å². The van der Waals surface area contributed by atoms with E-state index in [1.807, 2.05) is 0 Å². The summed E-state index contributed by atoms with van der Waals surface area (Å²) in [6.45, 7) is 0. The Labute approximate surface area is 92.7 Å². The van der Waals surface area contributed by atoms with Crippen molar-refractivity contribution in [2.45, 2.75) is 0 Å². The molecule has 1 N–H and O–H groups in total. The number of aliphatic carboxylic acids is 1. The maximum absolute atomic E-state index is 10.5. The molecule has 0 saturated carbocycles. The molecule has 0 rings (SSSR count). The average molecular weight is 248 g/mol. The van der Waals surface area contributed by atoms with Gasteiger partial charge in [-0.15, -0.1) is 0 Å². The Morgan fingerprint density at radius 1 is 1.20 bits per heavy atom. The van der Waals surface area contributed by atoms with Gasteiger partial charge in [-0.25, -0.2) is 9.59 Å². The topological polar surface area (TPSA) is 130 Å². The van der Waals surface area contributed by atoms with E-state index < -0.39 is 19.3 Å². The Morgan fingerprint density at radius 3 is 2.00 bits per heavy atom. The number of carbonyl (C=O) groups is 2. The highest BCUT2D eigenvalue weighted by atomic mass is 32.2. The Morgan fingerprint density at radius 2 is 1.67 bits per heavy atom. The van der Waals surface area contributed by atoms with Gasteiger partial charge in [-0.05, 0) is 0 Å². The van der Waals surface area contributed by atoms with Gasteiger partial charge < -0.3 is 9.76 Å². The zero-order chi connectivity index (χ0) is 11.7. The summed E-state index contributed by atoms with van der Waals surface area (Å²) in [4.78, 5) is 20.6. The molecule has 0 spiro atoms. The van der Waals surface area contributed by atoms with Crippen LogP contribution in [-0.2, 0) is 22.4 Å². The van der Waals surface area contributed by atoms with E-state index in [2.05, 4.69) is 12.9 Å². The molecule has 0 aliphatic heterocycles. The summed E-state index contributed by atoms with van der Waals surface area (Å²) in [5.74, 6) is -3.48. The predicted octanol–water partition coefficient (Wildman–Crippen LogP) is -0.109. The van der Waals surface area contributed by atoms with Crippen LogP contribution in [0.5, 0.6) is 0 Å². The van der Waals surface area contributed by atoms with Gasteiger partial charge in [0.1, 0.15) is 24.1 Å². The molecule has 0 aromatic rings. The third-order valence-corrected chi connectivity index (χ3v) is 1.36. The Balaban J connectivity index is 4.12. The number of hydrogen-bond acceptors (Lipinski definition) is 9. The molecule has 0 aromatic carbocycles. The standard InChI is InChI=1S/C4HBN2O6S2/c6-1-14-12-5(13-15-2-7)11-4(10)3(8)9/h(H,8,9). The van der Waals surface area contributed by atoms with Gasteiger partial charge in [-0.2, -0.15) is 10.5 Å². The molecule has 0 amide bonds. The Hall–Kier alpha value is -1.40. The van der Waals surface area contributed by atoms with Gasteiger partial charge in [0.15, 0.2) is 10.8 Å². The van der Waals surface area contributed by atoms with Gasteiger partial charge in [0, 0.05) is 0 Å². The van der Waals surface area contributed by atoms with E-state index >= 15 is 0 Å². The summed E-state index contributed by atoms with van der Waals surface area (Å²) >= 11 is 0.416. The third-order valence-electron chi connectivity index (χ3n) is 0.706. The van der Waals surface area contributed by atoms with Crippen molar-refractivity contribution in [1.29, 1.82) is 10.5 Å². The fourth-order valence-corrected chi connectivity index (χ4v) is 0.765. The van der Waals surface area contributed by atoms with E-state index in [-0.39, 0.29) is 24.1 Å². The first-order valence-corrected chi connectivity index (χ1v) is 4.47. The van der Waals surface area contributed by atoms with Crippen molar-refractivity contribution in [1.82, 2.24) is 0 Å². The molecule has 0 aromatic heterocycles. The average Bonchev–Trinajstić information content (AvgIpc) is 2.21. The molecule has 0 unspecified atom stereocenters. The molecule has 0 bridgehead atoms. The molecule has 8 nitrogen and oxygen atoms in total. The molecule has 0 saturated heterocycles. The van der Waals surface area contributed by atoms with E-state index in [0.717, 1.165) is 0 Å². The second kappa shape index (κ2) is 7.96. The maximum atomic E-state index is 10.5. The Bertz CT molecular complexity index is 306. The van der Waals surface area contributed by atoms with Crippen LogP contribution >= 0.6 is 24.1 Å². The van der Waals surface area contributed by atoms with Crippen LogP contribution in [0.4, 0.5) is 0 Å². The number of carboxylic acids is 1. The van der Waals surface area contributed by atoms with Crippen LogP contribution in [0, 0.1) is 21.3 Å². The van der Waals surface area contributed by atoms with Gasteiger partial charge in [0.25, 0.3) is 0 Å². The first-order chi connectivity index (χ1) is 7.11. The number of hydrogen-bond donors (Lipinski definition) is 1. The number of carboxylic acid groups (broad SMARTS) is 1. The lowest BCUT2D eigenvalue weighted by atomic mass is 10.3. The van der Waals surface area contributed by atoms with Crippen molar-refractivity contribution in [3.63, 3.8) is 0 Å². The molecular formula is C4HBN2O6S2. The van der Waals surface area contributed by atoms with Gasteiger partial charge in [-0.1, -0.05) is 0 Å². The largest absolute Gasteiger partial charge is 0.740 e. The van der Waals surface area contributed by atoms with E-state index in [9.17, 15) is 9.59 Å². The second-order valence-corrected chi connectivity index (χ2v) is 2.62. The van der Waals surface area contributed by atoms with Gasteiger partial charge >= 0.3 is 19.3 Å². The first-order valence-electron chi connectivity index (χ1n) is 2.98. The van der Waals surface area contributed by atoms with Crippen LogP contribution in [0.3, 0.4) is 0 Å². The minimum atomic E-state index is -1.85. The summed E-state index contributed by atoms with van der Waals surface area (Å²) in [5, 5.41) is 27.2. The summed E-state index contributed by atoms with van der Waals surface area (Å²) < 4.78 is 12.8. The molecule has 0 heterocycles. The number of rotatable bonds is 5. The molecule has 0 aliphatic rings. The van der Waals surface area contributed by atoms with Crippen molar-refractivity contribution in [3.05, 3.63) is 0 Å².